The Morgan fingerprint density at radius 1 is 1.23 bits per heavy atom. The molecule has 1 aliphatic carbocycles. The van der Waals surface area contributed by atoms with Crippen molar-refractivity contribution in [2.75, 3.05) is 34.2 Å². The lowest BCUT2D eigenvalue weighted by Gasteiger charge is -2.32. The largest absolute Gasteiger partial charge is 0.306 e. The van der Waals surface area contributed by atoms with E-state index in [1.54, 1.807) is 0 Å². The van der Waals surface area contributed by atoms with Crippen molar-refractivity contribution in [2.24, 2.45) is 11.8 Å². The second-order valence-corrected chi connectivity index (χ2v) is 5.30. The van der Waals surface area contributed by atoms with Crippen molar-refractivity contribution in [3.05, 3.63) is 0 Å². The minimum Gasteiger partial charge on any atom is -0.306 e. The maximum atomic E-state index is 2.49. The van der Waals surface area contributed by atoms with E-state index in [0.29, 0.717) is 5.54 Å². The average molecular weight is 182 g/mol. The van der Waals surface area contributed by atoms with Crippen molar-refractivity contribution in [1.82, 2.24) is 9.80 Å². The Labute approximate surface area is 81.9 Å². The summed E-state index contributed by atoms with van der Waals surface area (Å²) in [5, 5.41) is 0. The Hall–Kier alpha value is -0.0800. The summed E-state index contributed by atoms with van der Waals surface area (Å²) in [7, 11) is 6.75. The van der Waals surface area contributed by atoms with Crippen LogP contribution in [0.15, 0.2) is 0 Å². The maximum absolute atomic E-state index is 2.49. The predicted molar refractivity (Wildman–Crippen MR) is 55.8 cm³/mol. The van der Waals surface area contributed by atoms with Crippen molar-refractivity contribution in [3.8, 4) is 0 Å². The molecular formula is C11H22N2. The molecule has 2 atom stereocenters. The van der Waals surface area contributed by atoms with Gasteiger partial charge in [0, 0.05) is 18.6 Å². The quantitative estimate of drug-likeness (QED) is 0.635. The number of nitrogens with zero attached hydrogens (tertiary/aromatic N) is 2. The first-order chi connectivity index (χ1) is 6.06. The fourth-order valence-electron chi connectivity index (χ4n) is 3.19. The SMILES string of the molecule is C[C@@H]1CN(C)C[C@@H]1C1(N(C)C)CC1. The van der Waals surface area contributed by atoms with Gasteiger partial charge >= 0.3 is 0 Å². The lowest BCUT2D eigenvalue weighted by Crippen LogP contribution is -2.40. The van der Waals surface area contributed by atoms with Gasteiger partial charge in [-0.05, 0) is 45.8 Å². The molecule has 1 saturated heterocycles. The zero-order valence-electron chi connectivity index (χ0n) is 9.38. The van der Waals surface area contributed by atoms with E-state index in [9.17, 15) is 0 Å². The van der Waals surface area contributed by atoms with Crippen LogP contribution >= 0.6 is 0 Å². The molecule has 2 nitrogen and oxygen atoms in total. The van der Waals surface area contributed by atoms with Crippen molar-refractivity contribution in [1.29, 1.82) is 0 Å². The molecule has 76 valence electrons. The highest BCUT2D eigenvalue weighted by Crippen LogP contribution is 2.51. The van der Waals surface area contributed by atoms with Crippen LogP contribution in [-0.4, -0.2) is 49.6 Å². The van der Waals surface area contributed by atoms with Crippen LogP contribution in [0.1, 0.15) is 19.8 Å². The van der Waals surface area contributed by atoms with E-state index in [4.69, 9.17) is 0 Å². The monoisotopic (exact) mass is 182 g/mol. The van der Waals surface area contributed by atoms with Gasteiger partial charge in [-0.15, -0.1) is 0 Å². The molecule has 0 aromatic heterocycles. The van der Waals surface area contributed by atoms with Crippen molar-refractivity contribution in [2.45, 2.75) is 25.3 Å². The minimum atomic E-state index is 0.574. The van der Waals surface area contributed by atoms with Crippen LogP contribution < -0.4 is 0 Å². The zero-order chi connectivity index (χ0) is 9.64. The van der Waals surface area contributed by atoms with Crippen molar-refractivity contribution in [3.63, 3.8) is 0 Å². The Morgan fingerprint density at radius 3 is 2.15 bits per heavy atom. The number of likely N-dealkylation sites (tertiary alicyclic amines) is 1. The molecule has 1 saturated carbocycles. The van der Waals surface area contributed by atoms with Crippen LogP contribution in [0.5, 0.6) is 0 Å². The molecule has 2 aliphatic rings. The normalized spacial score (nSPS) is 38.5. The smallest absolute Gasteiger partial charge is 0.0248 e. The van der Waals surface area contributed by atoms with Crippen LogP contribution in [0.4, 0.5) is 0 Å². The maximum Gasteiger partial charge on any atom is 0.0248 e. The van der Waals surface area contributed by atoms with Gasteiger partial charge in [0.25, 0.3) is 0 Å². The summed E-state index contributed by atoms with van der Waals surface area (Å²) in [6, 6.07) is 0. The summed E-state index contributed by atoms with van der Waals surface area (Å²) in [6.45, 7) is 5.01. The molecule has 2 rings (SSSR count). The second-order valence-electron chi connectivity index (χ2n) is 5.30. The number of hydrogen-bond acceptors (Lipinski definition) is 2. The molecule has 0 radical (unpaired) electrons. The molecule has 2 fully saturated rings. The summed E-state index contributed by atoms with van der Waals surface area (Å²) < 4.78 is 0. The third kappa shape index (κ3) is 1.40. The topological polar surface area (TPSA) is 6.48 Å². The van der Waals surface area contributed by atoms with E-state index in [1.807, 2.05) is 0 Å². The molecule has 1 aliphatic heterocycles. The lowest BCUT2D eigenvalue weighted by atomic mass is 9.87. The van der Waals surface area contributed by atoms with Crippen LogP contribution in [-0.2, 0) is 0 Å². The highest BCUT2D eigenvalue weighted by Gasteiger charge is 2.54. The van der Waals surface area contributed by atoms with Gasteiger partial charge in [-0.3, -0.25) is 0 Å². The van der Waals surface area contributed by atoms with Gasteiger partial charge in [0.1, 0.15) is 0 Å². The van der Waals surface area contributed by atoms with Crippen LogP contribution in [0.25, 0.3) is 0 Å². The molecule has 0 aromatic rings. The van der Waals surface area contributed by atoms with Crippen molar-refractivity contribution < 1.29 is 0 Å². The summed E-state index contributed by atoms with van der Waals surface area (Å²) in [5.74, 6) is 1.79. The van der Waals surface area contributed by atoms with Gasteiger partial charge in [-0.1, -0.05) is 6.92 Å². The van der Waals surface area contributed by atoms with Gasteiger partial charge in [0.15, 0.2) is 0 Å². The Balaban J connectivity index is 2.08. The highest BCUT2D eigenvalue weighted by atomic mass is 15.2. The van der Waals surface area contributed by atoms with Gasteiger partial charge in [-0.2, -0.15) is 0 Å². The molecule has 0 aromatic carbocycles. The van der Waals surface area contributed by atoms with E-state index in [2.05, 4.69) is 37.9 Å². The Bertz CT molecular complexity index is 196. The molecule has 1 heterocycles. The van der Waals surface area contributed by atoms with Crippen molar-refractivity contribution >= 4 is 0 Å². The summed E-state index contributed by atoms with van der Waals surface area (Å²) >= 11 is 0. The summed E-state index contributed by atoms with van der Waals surface area (Å²) in [6.07, 6.45) is 2.84. The number of hydrogen-bond donors (Lipinski definition) is 0. The lowest BCUT2D eigenvalue weighted by molar-refractivity contribution is 0.165. The average Bonchev–Trinajstić information content (AvgIpc) is 2.75. The molecular weight excluding hydrogens is 160 g/mol. The third-order valence-electron chi connectivity index (χ3n) is 4.14. The standard InChI is InChI=1S/C11H22N2/c1-9-7-13(4)8-10(9)11(5-6-11)12(2)3/h9-10H,5-8H2,1-4H3/t9-,10+/m1/s1. The first-order valence-electron chi connectivity index (χ1n) is 5.42. The zero-order valence-corrected chi connectivity index (χ0v) is 9.38. The van der Waals surface area contributed by atoms with E-state index in [0.717, 1.165) is 11.8 Å². The Morgan fingerprint density at radius 2 is 1.85 bits per heavy atom. The first kappa shape index (κ1) is 9.47. The van der Waals surface area contributed by atoms with Crippen LogP contribution in [0.2, 0.25) is 0 Å². The molecule has 0 amide bonds. The minimum absolute atomic E-state index is 0.574. The third-order valence-corrected chi connectivity index (χ3v) is 4.14. The first-order valence-corrected chi connectivity index (χ1v) is 5.42. The van der Waals surface area contributed by atoms with E-state index < -0.39 is 0 Å². The molecule has 2 heteroatoms. The molecule has 0 unspecified atom stereocenters. The van der Waals surface area contributed by atoms with Gasteiger partial charge < -0.3 is 9.80 Å². The molecule has 13 heavy (non-hydrogen) atoms. The van der Waals surface area contributed by atoms with E-state index >= 15 is 0 Å². The fraction of sp³-hybridized carbons (Fsp3) is 1.00. The highest BCUT2D eigenvalue weighted by molar-refractivity contribution is 5.10. The summed E-state index contributed by atoms with van der Waals surface area (Å²) in [4.78, 5) is 4.95. The van der Waals surface area contributed by atoms with Gasteiger partial charge in [0.2, 0.25) is 0 Å². The van der Waals surface area contributed by atoms with Crippen LogP contribution in [0.3, 0.4) is 0 Å². The molecule has 0 N–H and O–H groups in total. The van der Waals surface area contributed by atoms with E-state index in [-0.39, 0.29) is 0 Å². The van der Waals surface area contributed by atoms with E-state index in [1.165, 1.54) is 25.9 Å². The van der Waals surface area contributed by atoms with Gasteiger partial charge in [0.05, 0.1) is 0 Å². The second kappa shape index (κ2) is 2.96. The molecule has 0 bridgehead atoms. The fourth-order valence-corrected chi connectivity index (χ4v) is 3.19. The van der Waals surface area contributed by atoms with Crippen LogP contribution in [0, 0.1) is 11.8 Å². The Kier molecular flexibility index (Phi) is 2.16. The van der Waals surface area contributed by atoms with Gasteiger partial charge in [-0.25, -0.2) is 0 Å². The predicted octanol–water partition coefficient (Wildman–Crippen LogP) is 1.28. The summed E-state index contributed by atoms with van der Waals surface area (Å²) in [5.41, 5.74) is 0.574. The molecule has 0 spiro atoms. The number of rotatable bonds is 2.